The van der Waals surface area contributed by atoms with Crippen molar-refractivity contribution < 1.29 is 23.2 Å². The lowest BCUT2D eigenvalue weighted by Crippen LogP contribution is -2.20. The number of hydrogen-bond acceptors (Lipinski definition) is 2. The zero-order chi connectivity index (χ0) is 20.6. The third-order valence-corrected chi connectivity index (χ3v) is 5.64. The van der Waals surface area contributed by atoms with Gasteiger partial charge in [-0.25, -0.2) is 5.48 Å². The van der Waals surface area contributed by atoms with Crippen molar-refractivity contribution in [3.63, 3.8) is 0 Å². The van der Waals surface area contributed by atoms with Gasteiger partial charge in [0.05, 0.1) is 16.6 Å². The summed E-state index contributed by atoms with van der Waals surface area (Å²) >= 11 is 0. The summed E-state index contributed by atoms with van der Waals surface area (Å²) < 4.78 is 42.5. The molecule has 4 nitrogen and oxygen atoms in total. The van der Waals surface area contributed by atoms with Crippen LogP contribution in [0.3, 0.4) is 0 Å². The Morgan fingerprint density at radius 3 is 2.55 bits per heavy atom. The summed E-state index contributed by atoms with van der Waals surface area (Å²) in [6.45, 7) is 0.0111. The maximum absolute atomic E-state index is 13.6. The number of amides is 1. The number of carbonyl (C=O) groups is 1. The van der Waals surface area contributed by atoms with Crippen LogP contribution in [-0.2, 0) is 25.6 Å². The van der Waals surface area contributed by atoms with Crippen LogP contribution >= 0.6 is 0 Å². The number of nitrogens with one attached hydrogen (secondary N) is 1. The summed E-state index contributed by atoms with van der Waals surface area (Å²) in [6, 6.07) is 10.8. The maximum Gasteiger partial charge on any atom is 0.416 e. The fourth-order valence-corrected chi connectivity index (χ4v) is 4.39. The first kappa shape index (κ1) is 19.5. The molecule has 2 aromatic carbocycles. The van der Waals surface area contributed by atoms with Crippen LogP contribution in [0, 0.1) is 0 Å². The summed E-state index contributed by atoms with van der Waals surface area (Å²) in [7, 11) is 0. The molecule has 0 saturated carbocycles. The van der Waals surface area contributed by atoms with E-state index >= 15 is 0 Å². The van der Waals surface area contributed by atoms with Crippen LogP contribution in [0.15, 0.2) is 42.5 Å². The van der Waals surface area contributed by atoms with E-state index in [2.05, 4.69) is 0 Å². The van der Waals surface area contributed by atoms with Crippen molar-refractivity contribution >= 4 is 16.8 Å². The molecule has 0 unspecified atom stereocenters. The van der Waals surface area contributed by atoms with Gasteiger partial charge in [-0.05, 0) is 48.9 Å². The lowest BCUT2D eigenvalue weighted by molar-refractivity contribution is -0.138. The SMILES string of the molecule is O=C(NO)c1cccc2c3c(n(Cc4ccccc4C(F)(F)F)c12)CCCCC3. The highest BCUT2D eigenvalue weighted by Gasteiger charge is 2.33. The molecular formula is C22H21F3N2O2. The number of carbonyl (C=O) groups excluding carboxylic acids is 1. The van der Waals surface area contributed by atoms with E-state index < -0.39 is 17.6 Å². The standard InChI is InChI=1S/C22H21F3N2O2/c23-22(24,25)18-11-5-4-7-14(18)13-27-19-12-3-1-2-8-15(19)16-9-6-10-17(20(16)27)21(28)26-29/h4-7,9-11,29H,1-3,8,12-13H2,(H,26,28). The molecule has 4 rings (SSSR count). The number of nitrogens with zero attached hydrogens (tertiary/aromatic N) is 1. The van der Waals surface area contributed by atoms with Gasteiger partial charge in [0.1, 0.15) is 0 Å². The molecule has 0 bridgehead atoms. The topological polar surface area (TPSA) is 54.3 Å². The predicted octanol–water partition coefficient (Wildman–Crippen LogP) is 5.10. The minimum Gasteiger partial charge on any atom is -0.339 e. The summed E-state index contributed by atoms with van der Waals surface area (Å²) in [4.78, 5) is 12.3. The van der Waals surface area contributed by atoms with Crippen molar-refractivity contribution in [1.82, 2.24) is 10.0 Å². The quantitative estimate of drug-likeness (QED) is 0.364. The second-order valence-corrected chi connectivity index (χ2v) is 7.37. The Balaban J connectivity index is 1.97. The first-order valence-electron chi connectivity index (χ1n) is 9.64. The first-order chi connectivity index (χ1) is 13.9. The van der Waals surface area contributed by atoms with Crippen molar-refractivity contribution in [2.75, 3.05) is 0 Å². The van der Waals surface area contributed by atoms with Crippen LogP contribution < -0.4 is 5.48 Å². The van der Waals surface area contributed by atoms with Crippen molar-refractivity contribution in [3.8, 4) is 0 Å². The monoisotopic (exact) mass is 402 g/mol. The Labute approximate surface area is 165 Å². The summed E-state index contributed by atoms with van der Waals surface area (Å²) in [6.07, 6.45) is 0.129. The van der Waals surface area contributed by atoms with Gasteiger partial charge >= 0.3 is 6.18 Å². The molecule has 1 aromatic heterocycles. The number of aryl methyl sites for hydroxylation is 1. The molecule has 7 heteroatoms. The number of para-hydroxylation sites is 1. The van der Waals surface area contributed by atoms with Crippen LogP contribution in [0.2, 0.25) is 0 Å². The maximum atomic E-state index is 13.6. The largest absolute Gasteiger partial charge is 0.416 e. The second kappa shape index (κ2) is 7.55. The van der Waals surface area contributed by atoms with Gasteiger partial charge in [-0.15, -0.1) is 0 Å². The number of aromatic nitrogens is 1. The third kappa shape index (κ3) is 3.51. The van der Waals surface area contributed by atoms with E-state index in [-0.39, 0.29) is 17.7 Å². The fraction of sp³-hybridized carbons (Fsp3) is 0.318. The van der Waals surface area contributed by atoms with Crippen LogP contribution in [0.25, 0.3) is 10.9 Å². The van der Waals surface area contributed by atoms with Crippen molar-refractivity contribution in [3.05, 3.63) is 70.4 Å². The highest BCUT2D eigenvalue weighted by atomic mass is 19.4. The summed E-state index contributed by atoms with van der Waals surface area (Å²) in [5.41, 5.74) is 4.04. The van der Waals surface area contributed by atoms with Crippen molar-refractivity contribution in [2.24, 2.45) is 0 Å². The fourth-order valence-electron chi connectivity index (χ4n) is 4.39. The number of alkyl halides is 3. The molecule has 29 heavy (non-hydrogen) atoms. The molecule has 0 aliphatic heterocycles. The number of rotatable bonds is 3. The molecule has 0 saturated heterocycles. The third-order valence-electron chi connectivity index (χ3n) is 5.64. The lowest BCUT2D eigenvalue weighted by Gasteiger charge is -2.17. The van der Waals surface area contributed by atoms with Gasteiger partial charge in [-0.3, -0.25) is 10.0 Å². The predicted molar refractivity (Wildman–Crippen MR) is 103 cm³/mol. The number of benzene rings is 2. The Morgan fingerprint density at radius 1 is 1.03 bits per heavy atom. The van der Waals surface area contributed by atoms with Crippen LogP contribution in [0.4, 0.5) is 13.2 Å². The molecule has 2 N–H and O–H groups in total. The smallest absolute Gasteiger partial charge is 0.339 e. The Hall–Kier alpha value is -2.80. The van der Waals surface area contributed by atoms with Crippen molar-refractivity contribution in [1.29, 1.82) is 0 Å². The number of hydrogen-bond donors (Lipinski definition) is 2. The van der Waals surface area contributed by atoms with E-state index in [0.29, 0.717) is 5.52 Å². The normalized spacial score (nSPS) is 14.5. The lowest BCUT2D eigenvalue weighted by atomic mass is 10.0. The highest BCUT2D eigenvalue weighted by Crippen LogP contribution is 2.36. The molecule has 152 valence electrons. The number of halogens is 3. The molecule has 0 fully saturated rings. The van der Waals surface area contributed by atoms with Gasteiger partial charge in [-0.2, -0.15) is 13.2 Å². The zero-order valence-corrected chi connectivity index (χ0v) is 15.7. The van der Waals surface area contributed by atoms with E-state index in [1.165, 1.54) is 12.1 Å². The average Bonchev–Trinajstić information content (AvgIpc) is 2.85. The summed E-state index contributed by atoms with van der Waals surface area (Å²) in [5.74, 6) is -0.673. The van der Waals surface area contributed by atoms with Gasteiger partial charge in [-0.1, -0.05) is 36.8 Å². The highest BCUT2D eigenvalue weighted by molar-refractivity contribution is 6.06. The second-order valence-electron chi connectivity index (χ2n) is 7.37. The Bertz CT molecular complexity index is 1070. The Kier molecular flexibility index (Phi) is 5.08. The molecule has 1 heterocycles. The van der Waals surface area contributed by atoms with Crippen LogP contribution in [-0.4, -0.2) is 15.7 Å². The zero-order valence-electron chi connectivity index (χ0n) is 15.7. The van der Waals surface area contributed by atoms with E-state index in [0.717, 1.165) is 54.8 Å². The minimum absolute atomic E-state index is 0.0111. The van der Waals surface area contributed by atoms with E-state index in [9.17, 15) is 18.0 Å². The van der Waals surface area contributed by atoms with Gasteiger partial charge in [0.15, 0.2) is 0 Å². The number of fused-ring (bicyclic) bond motifs is 3. The molecular weight excluding hydrogens is 381 g/mol. The molecule has 1 aliphatic carbocycles. The van der Waals surface area contributed by atoms with Gasteiger partial charge in [0.25, 0.3) is 5.91 Å². The van der Waals surface area contributed by atoms with Gasteiger partial charge in [0.2, 0.25) is 0 Å². The molecule has 0 atom stereocenters. The summed E-state index contributed by atoms with van der Waals surface area (Å²) in [5, 5.41) is 10.0. The average molecular weight is 402 g/mol. The molecule has 1 aliphatic rings. The van der Waals surface area contributed by atoms with E-state index in [1.807, 2.05) is 10.6 Å². The van der Waals surface area contributed by atoms with Gasteiger partial charge < -0.3 is 4.57 Å². The molecule has 0 spiro atoms. The molecule has 1 amide bonds. The first-order valence-corrected chi connectivity index (χ1v) is 9.64. The van der Waals surface area contributed by atoms with Gasteiger partial charge in [0, 0.05) is 17.6 Å². The Morgan fingerprint density at radius 2 is 1.79 bits per heavy atom. The van der Waals surface area contributed by atoms with Crippen molar-refractivity contribution in [2.45, 2.75) is 44.8 Å². The van der Waals surface area contributed by atoms with E-state index in [4.69, 9.17) is 5.21 Å². The molecule has 3 aromatic rings. The van der Waals surface area contributed by atoms with Crippen LogP contribution in [0.5, 0.6) is 0 Å². The molecule has 0 radical (unpaired) electrons. The van der Waals surface area contributed by atoms with Crippen LogP contribution in [0.1, 0.15) is 52.0 Å². The minimum atomic E-state index is -4.46. The van der Waals surface area contributed by atoms with E-state index in [1.54, 1.807) is 23.7 Å². The number of hydroxylamine groups is 1.